The van der Waals surface area contributed by atoms with Crippen molar-refractivity contribution in [3.8, 4) is 5.69 Å². The summed E-state index contributed by atoms with van der Waals surface area (Å²) in [4.78, 5) is 0. The lowest BCUT2D eigenvalue weighted by molar-refractivity contribution is 0.428. The maximum atomic E-state index is 5.88. The first-order chi connectivity index (χ1) is 10.3. The van der Waals surface area contributed by atoms with E-state index in [1.54, 1.807) is 0 Å². The molecule has 1 aromatic carbocycles. The first-order valence-corrected chi connectivity index (χ1v) is 8.07. The van der Waals surface area contributed by atoms with Gasteiger partial charge < -0.3 is 5.73 Å². The third-order valence-corrected chi connectivity index (χ3v) is 4.55. The SMILES string of the molecule is CCc1ccc(-n2nnc(CN)c2C2CCCCC2)cc1. The Morgan fingerprint density at radius 1 is 1.14 bits per heavy atom. The minimum absolute atomic E-state index is 0.471. The Kier molecular flexibility index (Phi) is 4.34. The zero-order valence-corrected chi connectivity index (χ0v) is 12.8. The Balaban J connectivity index is 1.98. The molecule has 3 rings (SSSR count). The highest BCUT2D eigenvalue weighted by molar-refractivity contribution is 5.37. The van der Waals surface area contributed by atoms with E-state index in [4.69, 9.17) is 5.73 Å². The minimum Gasteiger partial charge on any atom is -0.325 e. The van der Waals surface area contributed by atoms with Crippen LogP contribution in [0.15, 0.2) is 24.3 Å². The maximum absolute atomic E-state index is 5.88. The Hall–Kier alpha value is -1.68. The predicted octanol–water partition coefficient (Wildman–Crippen LogP) is 3.34. The summed E-state index contributed by atoms with van der Waals surface area (Å²) in [6, 6.07) is 8.62. The van der Waals surface area contributed by atoms with Crippen LogP contribution in [0, 0.1) is 0 Å². The molecule has 0 saturated heterocycles. The second-order valence-electron chi connectivity index (χ2n) is 5.89. The van der Waals surface area contributed by atoms with Crippen LogP contribution in [-0.4, -0.2) is 15.0 Å². The van der Waals surface area contributed by atoms with Crippen LogP contribution in [0.25, 0.3) is 5.69 Å². The fraction of sp³-hybridized carbons (Fsp3) is 0.529. The number of hydrogen-bond donors (Lipinski definition) is 1. The molecule has 0 spiro atoms. The van der Waals surface area contributed by atoms with E-state index in [0.717, 1.165) is 17.8 Å². The van der Waals surface area contributed by atoms with Crippen molar-refractivity contribution in [3.05, 3.63) is 41.2 Å². The lowest BCUT2D eigenvalue weighted by Gasteiger charge is -2.23. The van der Waals surface area contributed by atoms with Gasteiger partial charge in [0.2, 0.25) is 0 Å². The van der Waals surface area contributed by atoms with E-state index in [0.29, 0.717) is 12.5 Å². The van der Waals surface area contributed by atoms with Crippen molar-refractivity contribution in [2.24, 2.45) is 5.73 Å². The number of benzene rings is 1. The van der Waals surface area contributed by atoms with Crippen LogP contribution in [0.1, 0.15) is 61.9 Å². The number of hydrogen-bond acceptors (Lipinski definition) is 3. The van der Waals surface area contributed by atoms with E-state index >= 15 is 0 Å². The highest BCUT2D eigenvalue weighted by Crippen LogP contribution is 2.34. The fourth-order valence-electron chi connectivity index (χ4n) is 3.31. The molecule has 1 aliphatic carbocycles. The lowest BCUT2D eigenvalue weighted by atomic mass is 9.86. The number of aryl methyl sites for hydroxylation is 1. The van der Waals surface area contributed by atoms with Crippen LogP contribution >= 0.6 is 0 Å². The number of nitrogens with two attached hydrogens (primary N) is 1. The van der Waals surface area contributed by atoms with Gasteiger partial charge in [-0.05, 0) is 37.0 Å². The molecular weight excluding hydrogens is 260 g/mol. The van der Waals surface area contributed by atoms with E-state index in [1.165, 1.54) is 43.4 Å². The molecule has 4 heteroatoms. The van der Waals surface area contributed by atoms with E-state index in [2.05, 4.69) is 41.5 Å². The molecule has 2 N–H and O–H groups in total. The molecule has 0 radical (unpaired) electrons. The zero-order valence-electron chi connectivity index (χ0n) is 12.8. The average molecular weight is 284 g/mol. The van der Waals surface area contributed by atoms with Crippen LogP contribution in [0.2, 0.25) is 0 Å². The minimum atomic E-state index is 0.471. The quantitative estimate of drug-likeness (QED) is 0.937. The third-order valence-electron chi connectivity index (χ3n) is 4.55. The fourth-order valence-corrected chi connectivity index (χ4v) is 3.31. The maximum Gasteiger partial charge on any atom is 0.100 e. The van der Waals surface area contributed by atoms with Crippen LogP contribution < -0.4 is 5.73 Å². The van der Waals surface area contributed by atoms with Gasteiger partial charge in [0.05, 0.1) is 11.4 Å². The Morgan fingerprint density at radius 3 is 2.48 bits per heavy atom. The summed E-state index contributed by atoms with van der Waals surface area (Å²) < 4.78 is 2.01. The molecule has 1 aliphatic rings. The normalized spacial score (nSPS) is 16.3. The summed E-state index contributed by atoms with van der Waals surface area (Å²) in [7, 11) is 0. The lowest BCUT2D eigenvalue weighted by Crippen LogP contribution is -2.14. The summed E-state index contributed by atoms with van der Waals surface area (Å²) in [5.74, 6) is 0.554. The van der Waals surface area contributed by atoms with Crippen molar-refractivity contribution in [3.63, 3.8) is 0 Å². The van der Waals surface area contributed by atoms with Gasteiger partial charge >= 0.3 is 0 Å². The van der Waals surface area contributed by atoms with Gasteiger partial charge in [0.25, 0.3) is 0 Å². The molecule has 1 heterocycles. The molecule has 1 fully saturated rings. The standard InChI is InChI=1S/C17H24N4/c1-2-13-8-10-15(11-9-13)21-17(16(12-18)19-20-21)14-6-4-3-5-7-14/h8-11,14H,2-7,12,18H2,1H3. The molecule has 21 heavy (non-hydrogen) atoms. The van der Waals surface area contributed by atoms with Gasteiger partial charge in [-0.3, -0.25) is 0 Å². The van der Waals surface area contributed by atoms with Crippen LogP contribution in [0.4, 0.5) is 0 Å². The second-order valence-corrected chi connectivity index (χ2v) is 5.89. The van der Waals surface area contributed by atoms with Gasteiger partial charge in [0, 0.05) is 12.5 Å². The Bertz CT molecular complexity index is 579. The molecule has 1 saturated carbocycles. The van der Waals surface area contributed by atoms with Crippen molar-refractivity contribution < 1.29 is 0 Å². The van der Waals surface area contributed by atoms with Crippen molar-refractivity contribution in [1.29, 1.82) is 0 Å². The first kappa shape index (κ1) is 14.3. The van der Waals surface area contributed by atoms with Gasteiger partial charge in [-0.25, -0.2) is 4.68 Å². The molecule has 4 nitrogen and oxygen atoms in total. The summed E-state index contributed by atoms with van der Waals surface area (Å²) >= 11 is 0. The average Bonchev–Trinajstić information content (AvgIpc) is 2.99. The summed E-state index contributed by atoms with van der Waals surface area (Å²) in [6.07, 6.45) is 7.46. The summed E-state index contributed by atoms with van der Waals surface area (Å²) in [5, 5.41) is 8.69. The molecule has 0 bridgehead atoms. The first-order valence-electron chi connectivity index (χ1n) is 8.07. The Labute approximate surface area is 126 Å². The summed E-state index contributed by atoms with van der Waals surface area (Å²) in [5.41, 5.74) is 10.5. The van der Waals surface area contributed by atoms with E-state index in [-0.39, 0.29) is 0 Å². The van der Waals surface area contributed by atoms with Crippen molar-refractivity contribution in [2.75, 3.05) is 0 Å². The van der Waals surface area contributed by atoms with E-state index < -0.39 is 0 Å². The largest absolute Gasteiger partial charge is 0.325 e. The highest BCUT2D eigenvalue weighted by Gasteiger charge is 2.24. The molecule has 0 unspecified atom stereocenters. The smallest absolute Gasteiger partial charge is 0.100 e. The van der Waals surface area contributed by atoms with E-state index in [9.17, 15) is 0 Å². The van der Waals surface area contributed by atoms with Gasteiger partial charge in [-0.15, -0.1) is 5.10 Å². The van der Waals surface area contributed by atoms with Crippen molar-refractivity contribution in [2.45, 2.75) is 57.9 Å². The highest BCUT2D eigenvalue weighted by atomic mass is 15.4. The van der Waals surface area contributed by atoms with Gasteiger partial charge in [-0.2, -0.15) is 0 Å². The number of rotatable bonds is 4. The van der Waals surface area contributed by atoms with Gasteiger partial charge in [0.1, 0.15) is 5.69 Å². The number of aromatic nitrogens is 3. The second kappa shape index (κ2) is 6.39. The molecule has 1 aromatic heterocycles. The van der Waals surface area contributed by atoms with Crippen LogP contribution in [-0.2, 0) is 13.0 Å². The van der Waals surface area contributed by atoms with Gasteiger partial charge in [-0.1, -0.05) is 43.5 Å². The molecule has 0 aliphatic heterocycles. The third kappa shape index (κ3) is 2.86. The summed E-state index contributed by atoms with van der Waals surface area (Å²) in [6.45, 7) is 2.64. The van der Waals surface area contributed by atoms with Crippen molar-refractivity contribution >= 4 is 0 Å². The number of nitrogens with zero attached hydrogens (tertiary/aromatic N) is 3. The molecule has 0 amide bonds. The molecule has 2 aromatic rings. The zero-order chi connectivity index (χ0) is 14.7. The van der Waals surface area contributed by atoms with Crippen LogP contribution in [0.5, 0.6) is 0 Å². The molecule has 112 valence electrons. The van der Waals surface area contributed by atoms with Gasteiger partial charge in [0.15, 0.2) is 0 Å². The van der Waals surface area contributed by atoms with E-state index in [1.807, 2.05) is 4.68 Å². The predicted molar refractivity (Wildman–Crippen MR) is 84.5 cm³/mol. The monoisotopic (exact) mass is 284 g/mol. The van der Waals surface area contributed by atoms with Crippen LogP contribution in [0.3, 0.4) is 0 Å². The Morgan fingerprint density at radius 2 is 1.86 bits per heavy atom. The topological polar surface area (TPSA) is 56.7 Å². The molecular formula is C17H24N4. The van der Waals surface area contributed by atoms with Crippen molar-refractivity contribution in [1.82, 2.24) is 15.0 Å². The molecule has 0 atom stereocenters.